The Labute approximate surface area is 177 Å². The molecule has 1 aliphatic heterocycles. The van der Waals surface area contributed by atoms with E-state index in [0.29, 0.717) is 18.4 Å². The van der Waals surface area contributed by atoms with Crippen molar-refractivity contribution in [3.05, 3.63) is 59.2 Å². The molecule has 162 valence electrons. The number of carboxylic acids is 1. The maximum atomic E-state index is 15.1. The van der Waals surface area contributed by atoms with Crippen LogP contribution in [0.25, 0.3) is 5.57 Å². The van der Waals surface area contributed by atoms with Crippen LogP contribution >= 0.6 is 0 Å². The zero-order chi connectivity index (χ0) is 21.9. The quantitative estimate of drug-likeness (QED) is 0.467. The van der Waals surface area contributed by atoms with Crippen molar-refractivity contribution < 1.29 is 23.4 Å². The molecule has 2 aliphatic rings. The minimum absolute atomic E-state index is 0.0257. The van der Waals surface area contributed by atoms with Crippen molar-refractivity contribution in [2.24, 2.45) is 5.92 Å². The maximum Gasteiger partial charge on any atom is 0.303 e. The molecule has 1 unspecified atom stereocenters. The predicted octanol–water partition coefficient (Wildman–Crippen LogP) is 6.94. The molecule has 1 aromatic rings. The lowest BCUT2D eigenvalue weighted by Gasteiger charge is -2.23. The minimum Gasteiger partial charge on any atom is -0.486 e. The van der Waals surface area contributed by atoms with E-state index in [2.05, 4.69) is 12.6 Å². The van der Waals surface area contributed by atoms with Gasteiger partial charge in [-0.3, -0.25) is 4.79 Å². The van der Waals surface area contributed by atoms with Crippen molar-refractivity contribution in [2.75, 3.05) is 0 Å². The van der Waals surface area contributed by atoms with Gasteiger partial charge in [-0.05, 0) is 68.6 Å². The fraction of sp³-hybridized carbons (Fsp3) is 0.480. The molecular formula is C25H30F2O3. The molecule has 3 rings (SSSR count). The van der Waals surface area contributed by atoms with Crippen LogP contribution in [-0.2, 0) is 11.2 Å². The zero-order valence-electron chi connectivity index (χ0n) is 17.8. The monoisotopic (exact) mass is 416 g/mol. The van der Waals surface area contributed by atoms with Gasteiger partial charge in [-0.25, -0.2) is 8.78 Å². The second-order valence-corrected chi connectivity index (χ2v) is 8.64. The second-order valence-electron chi connectivity index (χ2n) is 8.64. The van der Waals surface area contributed by atoms with Crippen LogP contribution in [0, 0.1) is 5.92 Å². The number of hydrogen-bond donors (Lipinski definition) is 1. The van der Waals surface area contributed by atoms with E-state index in [-0.39, 0.29) is 17.6 Å². The highest BCUT2D eigenvalue weighted by atomic mass is 19.1. The van der Waals surface area contributed by atoms with E-state index in [1.54, 1.807) is 13.8 Å². The standard InChI is InChI=1S/C25H30F2O3/c1-16(8-6-11-22(28)29)23(18(3)26)21(27)14-17(2)20-10-7-9-19-15-25(30-24(19)20)12-4-5-13-25/h7,9-10,14,16H,3-6,8,11-13,15H2,1-2H3,(H,28,29)/b17-14+,23-21+. The number of ether oxygens (including phenoxy) is 1. The van der Waals surface area contributed by atoms with E-state index in [9.17, 15) is 9.18 Å². The summed E-state index contributed by atoms with van der Waals surface area (Å²) in [5.41, 5.74) is 2.42. The lowest BCUT2D eigenvalue weighted by Crippen LogP contribution is -2.30. The highest BCUT2D eigenvalue weighted by Crippen LogP contribution is 2.47. The summed E-state index contributed by atoms with van der Waals surface area (Å²) in [5.74, 6) is -2.06. The molecule has 1 heterocycles. The topological polar surface area (TPSA) is 46.5 Å². The largest absolute Gasteiger partial charge is 0.486 e. The minimum atomic E-state index is -0.916. The number of aliphatic carboxylic acids is 1. The molecule has 1 N–H and O–H groups in total. The highest BCUT2D eigenvalue weighted by molar-refractivity contribution is 5.73. The molecule has 1 saturated carbocycles. The van der Waals surface area contributed by atoms with E-state index in [0.717, 1.165) is 49.0 Å². The van der Waals surface area contributed by atoms with Crippen molar-refractivity contribution in [1.29, 1.82) is 0 Å². The Hall–Kier alpha value is -2.43. The van der Waals surface area contributed by atoms with Crippen molar-refractivity contribution in [1.82, 2.24) is 0 Å². The molecule has 0 bridgehead atoms. The van der Waals surface area contributed by atoms with E-state index in [1.165, 1.54) is 6.08 Å². The summed E-state index contributed by atoms with van der Waals surface area (Å²) in [4.78, 5) is 10.7. The molecule has 0 saturated heterocycles. The number of para-hydroxylation sites is 1. The van der Waals surface area contributed by atoms with Crippen molar-refractivity contribution in [3.63, 3.8) is 0 Å². The first-order chi connectivity index (χ1) is 14.2. The number of carbonyl (C=O) groups is 1. The number of fused-ring (bicyclic) bond motifs is 1. The summed E-state index contributed by atoms with van der Waals surface area (Å²) in [6.07, 6.45) is 7.33. The Kier molecular flexibility index (Phi) is 6.79. The van der Waals surface area contributed by atoms with Gasteiger partial charge < -0.3 is 9.84 Å². The van der Waals surface area contributed by atoms with Gasteiger partial charge in [0.1, 0.15) is 23.0 Å². The molecule has 1 spiro atoms. The Morgan fingerprint density at radius 2 is 2.03 bits per heavy atom. The first-order valence-electron chi connectivity index (χ1n) is 10.7. The molecule has 0 aromatic heterocycles. The van der Waals surface area contributed by atoms with Gasteiger partial charge in [0, 0.05) is 24.0 Å². The average molecular weight is 417 g/mol. The third-order valence-corrected chi connectivity index (χ3v) is 6.28. The Balaban J connectivity index is 1.86. The Bertz CT molecular complexity index is 892. The van der Waals surface area contributed by atoms with Crippen molar-refractivity contribution in [3.8, 4) is 5.75 Å². The molecule has 1 aliphatic carbocycles. The fourth-order valence-corrected chi connectivity index (χ4v) is 4.73. The lowest BCUT2D eigenvalue weighted by atomic mass is 9.92. The zero-order valence-corrected chi connectivity index (χ0v) is 17.8. The molecule has 1 fully saturated rings. The number of halogens is 2. The van der Waals surface area contributed by atoms with Gasteiger partial charge in [0.05, 0.1) is 0 Å². The van der Waals surface area contributed by atoms with Gasteiger partial charge in [-0.15, -0.1) is 0 Å². The van der Waals surface area contributed by atoms with Gasteiger partial charge in [0.25, 0.3) is 0 Å². The molecule has 3 nitrogen and oxygen atoms in total. The smallest absolute Gasteiger partial charge is 0.303 e. The predicted molar refractivity (Wildman–Crippen MR) is 115 cm³/mol. The Morgan fingerprint density at radius 3 is 2.67 bits per heavy atom. The van der Waals surface area contributed by atoms with Crippen LogP contribution in [0.5, 0.6) is 5.75 Å². The van der Waals surface area contributed by atoms with Crippen LogP contribution in [0.3, 0.4) is 0 Å². The van der Waals surface area contributed by atoms with Gasteiger partial charge in [0.2, 0.25) is 0 Å². The number of rotatable bonds is 8. The van der Waals surface area contributed by atoms with E-state index in [4.69, 9.17) is 9.84 Å². The van der Waals surface area contributed by atoms with Gasteiger partial charge in [-0.1, -0.05) is 31.7 Å². The molecule has 1 aromatic carbocycles. The summed E-state index contributed by atoms with van der Waals surface area (Å²) in [6.45, 7) is 6.78. The van der Waals surface area contributed by atoms with E-state index >= 15 is 4.39 Å². The second kappa shape index (κ2) is 9.15. The maximum absolute atomic E-state index is 15.1. The summed E-state index contributed by atoms with van der Waals surface area (Å²) < 4.78 is 35.5. The van der Waals surface area contributed by atoms with Crippen molar-refractivity contribution in [2.45, 2.75) is 70.8 Å². The normalized spacial score (nSPS) is 19.3. The molecule has 5 heteroatoms. The SMILES string of the molecule is C=C(F)/C(=C(F)\C=C(/C)c1cccc2c1OC1(CCCC1)C2)C(C)CCCC(=O)O. The fourth-order valence-electron chi connectivity index (χ4n) is 4.73. The Morgan fingerprint density at radius 1 is 1.33 bits per heavy atom. The van der Waals surface area contributed by atoms with Crippen LogP contribution in [-0.4, -0.2) is 16.7 Å². The summed E-state index contributed by atoms with van der Waals surface area (Å²) >= 11 is 0. The third kappa shape index (κ3) is 4.82. The van der Waals surface area contributed by atoms with Crippen molar-refractivity contribution >= 4 is 11.5 Å². The van der Waals surface area contributed by atoms with Crippen LogP contribution in [0.2, 0.25) is 0 Å². The van der Waals surface area contributed by atoms with Crippen LogP contribution in [0.4, 0.5) is 8.78 Å². The first-order valence-corrected chi connectivity index (χ1v) is 10.7. The van der Waals surface area contributed by atoms with Crippen LogP contribution in [0.1, 0.15) is 69.9 Å². The number of allylic oxidation sites excluding steroid dienone is 5. The molecule has 30 heavy (non-hydrogen) atoms. The summed E-state index contributed by atoms with van der Waals surface area (Å²) in [6, 6.07) is 5.92. The molecule has 0 amide bonds. The molecule has 0 radical (unpaired) electrons. The van der Waals surface area contributed by atoms with Gasteiger partial charge in [-0.2, -0.15) is 0 Å². The first kappa shape index (κ1) is 22.3. The van der Waals surface area contributed by atoms with Gasteiger partial charge >= 0.3 is 5.97 Å². The third-order valence-electron chi connectivity index (χ3n) is 6.28. The number of benzene rings is 1. The average Bonchev–Trinajstić information content (AvgIpc) is 3.26. The molecule has 1 atom stereocenters. The van der Waals surface area contributed by atoms with E-state index in [1.807, 2.05) is 12.1 Å². The van der Waals surface area contributed by atoms with Crippen LogP contribution < -0.4 is 4.74 Å². The van der Waals surface area contributed by atoms with Crippen LogP contribution in [0.15, 0.2) is 48.1 Å². The number of carboxylic acid groups (broad SMARTS) is 1. The number of hydrogen-bond acceptors (Lipinski definition) is 2. The summed E-state index contributed by atoms with van der Waals surface area (Å²) in [7, 11) is 0. The van der Waals surface area contributed by atoms with E-state index < -0.39 is 23.5 Å². The lowest BCUT2D eigenvalue weighted by molar-refractivity contribution is -0.137. The molecular weight excluding hydrogens is 386 g/mol. The van der Waals surface area contributed by atoms with Gasteiger partial charge in [0.15, 0.2) is 0 Å². The highest BCUT2D eigenvalue weighted by Gasteiger charge is 2.42. The summed E-state index contributed by atoms with van der Waals surface area (Å²) in [5, 5.41) is 8.78.